The van der Waals surface area contributed by atoms with Crippen molar-refractivity contribution in [1.29, 1.82) is 0 Å². The molecule has 7 heteroatoms. The van der Waals surface area contributed by atoms with Gasteiger partial charge in [0.05, 0.1) is 16.1 Å². The molecular weight excluding hydrogens is 324 g/mol. The molecule has 3 heterocycles. The van der Waals surface area contributed by atoms with Crippen molar-refractivity contribution in [2.45, 2.75) is 6.92 Å². The van der Waals surface area contributed by atoms with Crippen molar-refractivity contribution >= 4 is 39.0 Å². The number of piperazine rings is 1. The van der Waals surface area contributed by atoms with E-state index >= 15 is 0 Å². The van der Waals surface area contributed by atoms with Gasteiger partial charge in [-0.05, 0) is 24.6 Å². The Bertz CT molecular complexity index is 776. The SMILES string of the molecule is Cc1ccc2nc(N3CC(C(=O)N4CCN(C=O)CC4)C3)sc2c1. The second kappa shape index (κ2) is 6.05. The van der Waals surface area contributed by atoms with Crippen LogP contribution in [0.5, 0.6) is 0 Å². The summed E-state index contributed by atoms with van der Waals surface area (Å²) >= 11 is 1.69. The van der Waals surface area contributed by atoms with Gasteiger partial charge in [0.15, 0.2) is 5.13 Å². The van der Waals surface area contributed by atoms with Crippen molar-refractivity contribution in [2.75, 3.05) is 44.2 Å². The Morgan fingerprint density at radius 1 is 1.25 bits per heavy atom. The number of carbonyl (C=O) groups excluding carboxylic acids is 2. The molecule has 0 atom stereocenters. The first kappa shape index (κ1) is 15.4. The third-order valence-corrected chi connectivity index (χ3v) is 5.89. The number of carbonyl (C=O) groups is 2. The van der Waals surface area contributed by atoms with Crippen LogP contribution in [0.2, 0.25) is 0 Å². The van der Waals surface area contributed by atoms with Crippen LogP contribution in [0.25, 0.3) is 10.2 Å². The summed E-state index contributed by atoms with van der Waals surface area (Å²) in [6, 6.07) is 6.29. The average Bonchev–Trinajstić information content (AvgIpc) is 2.95. The fourth-order valence-electron chi connectivity index (χ4n) is 3.25. The molecule has 0 aliphatic carbocycles. The number of thiazole rings is 1. The molecule has 6 nitrogen and oxygen atoms in total. The van der Waals surface area contributed by atoms with Gasteiger partial charge >= 0.3 is 0 Å². The van der Waals surface area contributed by atoms with E-state index in [9.17, 15) is 9.59 Å². The van der Waals surface area contributed by atoms with E-state index in [1.165, 1.54) is 10.3 Å². The molecule has 2 fully saturated rings. The van der Waals surface area contributed by atoms with E-state index in [-0.39, 0.29) is 11.8 Å². The van der Waals surface area contributed by atoms with Crippen molar-refractivity contribution in [3.05, 3.63) is 23.8 Å². The minimum absolute atomic E-state index is 0.0570. The van der Waals surface area contributed by atoms with Crippen molar-refractivity contribution in [2.24, 2.45) is 5.92 Å². The van der Waals surface area contributed by atoms with Gasteiger partial charge in [0, 0.05) is 39.3 Å². The van der Waals surface area contributed by atoms with Gasteiger partial charge in [-0.3, -0.25) is 9.59 Å². The number of aromatic nitrogens is 1. The predicted octanol–water partition coefficient (Wildman–Crippen LogP) is 1.34. The molecule has 2 amide bonds. The Morgan fingerprint density at radius 2 is 2.00 bits per heavy atom. The van der Waals surface area contributed by atoms with Gasteiger partial charge in [0.2, 0.25) is 12.3 Å². The summed E-state index contributed by atoms with van der Waals surface area (Å²) in [5.41, 5.74) is 2.27. The van der Waals surface area contributed by atoms with E-state index in [1.54, 1.807) is 16.2 Å². The van der Waals surface area contributed by atoms with Crippen LogP contribution in [0, 0.1) is 12.8 Å². The Balaban J connectivity index is 1.37. The second-order valence-electron chi connectivity index (χ2n) is 6.54. The van der Waals surface area contributed by atoms with E-state index in [4.69, 9.17) is 0 Å². The highest BCUT2D eigenvalue weighted by Crippen LogP contribution is 2.33. The monoisotopic (exact) mass is 344 g/mol. The third kappa shape index (κ3) is 2.73. The zero-order valence-corrected chi connectivity index (χ0v) is 14.5. The maximum Gasteiger partial charge on any atom is 0.229 e. The van der Waals surface area contributed by atoms with Crippen LogP contribution < -0.4 is 4.90 Å². The van der Waals surface area contributed by atoms with Crippen molar-refractivity contribution < 1.29 is 9.59 Å². The zero-order valence-electron chi connectivity index (χ0n) is 13.6. The molecule has 2 saturated heterocycles. The topological polar surface area (TPSA) is 56.8 Å². The quantitative estimate of drug-likeness (QED) is 0.789. The maximum absolute atomic E-state index is 12.5. The summed E-state index contributed by atoms with van der Waals surface area (Å²) in [7, 11) is 0. The molecule has 0 unspecified atom stereocenters. The number of fused-ring (bicyclic) bond motifs is 1. The van der Waals surface area contributed by atoms with E-state index in [0.717, 1.165) is 30.1 Å². The first-order chi connectivity index (χ1) is 11.6. The number of hydrogen-bond acceptors (Lipinski definition) is 5. The van der Waals surface area contributed by atoms with Crippen LogP contribution in [-0.4, -0.2) is 66.4 Å². The van der Waals surface area contributed by atoms with Gasteiger partial charge in [-0.25, -0.2) is 4.98 Å². The summed E-state index contributed by atoms with van der Waals surface area (Å²) in [6.45, 7) is 6.15. The zero-order chi connectivity index (χ0) is 16.7. The van der Waals surface area contributed by atoms with Crippen LogP contribution in [0.15, 0.2) is 18.2 Å². The summed E-state index contributed by atoms with van der Waals surface area (Å²) in [6.07, 6.45) is 0.863. The van der Waals surface area contributed by atoms with Gasteiger partial charge in [-0.1, -0.05) is 17.4 Å². The summed E-state index contributed by atoms with van der Waals surface area (Å²) in [5.74, 6) is 0.273. The molecule has 0 saturated carbocycles. The highest BCUT2D eigenvalue weighted by atomic mass is 32.1. The smallest absolute Gasteiger partial charge is 0.229 e. The Morgan fingerprint density at radius 3 is 2.71 bits per heavy atom. The van der Waals surface area contributed by atoms with Crippen molar-refractivity contribution in [3.8, 4) is 0 Å². The molecule has 0 N–H and O–H groups in total. The first-order valence-electron chi connectivity index (χ1n) is 8.24. The molecule has 4 rings (SSSR count). The highest BCUT2D eigenvalue weighted by molar-refractivity contribution is 7.22. The van der Waals surface area contributed by atoms with Crippen LogP contribution in [-0.2, 0) is 9.59 Å². The standard InChI is InChI=1S/C17H20N4O2S/c1-12-2-3-14-15(8-12)24-17(18-14)21-9-13(10-21)16(23)20-6-4-19(11-22)5-7-20/h2-3,8,11,13H,4-7,9-10H2,1H3. The Hall–Kier alpha value is -2.15. The molecular formula is C17H20N4O2S. The predicted molar refractivity (Wildman–Crippen MR) is 94.3 cm³/mol. The van der Waals surface area contributed by atoms with Crippen molar-refractivity contribution in [1.82, 2.24) is 14.8 Å². The number of amides is 2. The Labute approximate surface area is 144 Å². The van der Waals surface area contributed by atoms with Gasteiger partial charge in [-0.2, -0.15) is 0 Å². The molecule has 1 aromatic heterocycles. The second-order valence-corrected chi connectivity index (χ2v) is 7.55. The number of benzene rings is 1. The lowest BCUT2D eigenvalue weighted by Crippen LogP contribution is -2.57. The van der Waals surface area contributed by atoms with Crippen LogP contribution >= 0.6 is 11.3 Å². The molecule has 2 aliphatic heterocycles. The van der Waals surface area contributed by atoms with Crippen molar-refractivity contribution in [3.63, 3.8) is 0 Å². The first-order valence-corrected chi connectivity index (χ1v) is 9.06. The molecule has 2 aromatic rings. The van der Waals surface area contributed by atoms with E-state index in [2.05, 4.69) is 35.0 Å². The minimum Gasteiger partial charge on any atom is -0.346 e. The van der Waals surface area contributed by atoms with E-state index in [0.29, 0.717) is 26.2 Å². The molecule has 0 spiro atoms. The van der Waals surface area contributed by atoms with Gasteiger partial charge in [0.1, 0.15) is 0 Å². The lowest BCUT2D eigenvalue weighted by atomic mass is 9.99. The van der Waals surface area contributed by atoms with E-state index in [1.807, 2.05) is 4.90 Å². The van der Waals surface area contributed by atoms with E-state index < -0.39 is 0 Å². The molecule has 2 aliphatic rings. The van der Waals surface area contributed by atoms with Gasteiger partial charge in [-0.15, -0.1) is 0 Å². The summed E-state index contributed by atoms with van der Waals surface area (Å²) in [4.78, 5) is 33.8. The maximum atomic E-state index is 12.5. The number of anilines is 1. The van der Waals surface area contributed by atoms with Crippen LogP contribution in [0.1, 0.15) is 5.56 Å². The number of rotatable bonds is 3. The summed E-state index contributed by atoms with van der Waals surface area (Å²) < 4.78 is 1.20. The average molecular weight is 344 g/mol. The molecule has 126 valence electrons. The summed E-state index contributed by atoms with van der Waals surface area (Å²) in [5, 5.41) is 1.01. The Kier molecular flexibility index (Phi) is 3.88. The highest BCUT2D eigenvalue weighted by Gasteiger charge is 2.37. The minimum atomic E-state index is 0.0570. The van der Waals surface area contributed by atoms with Crippen LogP contribution in [0.3, 0.4) is 0 Å². The molecule has 1 aromatic carbocycles. The molecule has 0 bridgehead atoms. The number of aryl methyl sites for hydroxylation is 1. The molecule has 0 radical (unpaired) electrons. The fraction of sp³-hybridized carbons (Fsp3) is 0.471. The third-order valence-electron chi connectivity index (χ3n) is 4.81. The molecule has 24 heavy (non-hydrogen) atoms. The fourth-order valence-corrected chi connectivity index (χ4v) is 4.33. The van der Waals surface area contributed by atoms with Gasteiger partial charge in [0.25, 0.3) is 0 Å². The van der Waals surface area contributed by atoms with Gasteiger partial charge < -0.3 is 14.7 Å². The largest absolute Gasteiger partial charge is 0.346 e. The normalized spacial score (nSPS) is 18.8. The lowest BCUT2D eigenvalue weighted by Gasteiger charge is -2.42. The number of hydrogen-bond donors (Lipinski definition) is 0. The lowest BCUT2D eigenvalue weighted by molar-refractivity contribution is -0.139. The number of nitrogens with zero attached hydrogens (tertiary/aromatic N) is 4. The van der Waals surface area contributed by atoms with Crippen LogP contribution in [0.4, 0.5) is 5.13 Å².